The summed E-state index contributed by atoms with van der Waals surface area (Å²) < 4.78 is 5.02. The van der Waals surface area contributed by atoms with Gasteiger partial charge in [-0.15, -0.1) is 0 Å². The first-order valence-electron chi connectivity index (χ1n) is 3.97. The molecule has 1 N–H and O–H groups in total. The molecule has 1 heterocycles. The van der Waals surface area contributed by atoms with Crippen molar-refractivity contribution in [3.63, 3.8) is 0 Å². The first kappa shape index (κ1) is 9.51. The van der Waals surface area contributed by atoms with Gasteiger partial charge in [-0.2, -0.15) is 0 Å². The average molecular weight is 180 g/mol. The van der Waals surface area contributed by atoms with Gasteiger partial charge in [-0.05, 0) is 13.8 Å². The molecule has 0 aromatic carbocycles. The normalized spacial score (nSPS) is 12.2. The van der Waals surface area contributed by atoms with Crippen LogP contribution in [0.25, 0.3) is 0 Å². The van der Waals surface area contributed by atoms with Gasteiger partial charge in [-0.3, -0.25) is 0 Å². The zero-order valence-corrected chi connectivity index (χ0v) is 7.70. The summed E-state index contributed by atoms with van der Waals surface area (Å²) in [7, 11) is 0. The monoisotopic (exact) mass is 180 g/mol. The predicted molar refractivity (Wildman–Crippen MR) is 47.9 cm³/mol. The number of hydrogen-bond donors (Lipinski definition) is 1. The van der Waals surface area contributed by atoms with Gasteiger partial charge in [0.1, 0.15) is 5.82 Å². The molecule has 1 unspecified atom stereocenters. The molecule has 4 nitrogen and oxygen atoms in total. The fourth-order valence-electron chi connectivity index (χ4n) is 0.817. The summed E-state index contributed by atoms with van der Waals surface area (Å²) in [4.78, 5) is 17.9. The Hall–Kier alpha value is -1.58. The Bertz CT molecular complexity index is 303. The number of hydrogen-bond acceptors (Lipinski definition) is 3. The first-order valence-corrected chi connectivity index (χ1v) is 3.97. The Kier molecular flexibility index (Phi) is 2.84. The molecule has 70 valence electrons. The molecule has 1 aromatic heterocycles. The summed E-state index contributed by atoms with van der Waals surface area (Å²) in [6.07, 6.45) is 2.93. The minimum Gasteiger partial charge on any atom is -0.451 e. The molecule has 0 fully saturated rings. The van der Waals surface area contributed by atoms with Crippen molar-refractivity contribution in [1.82, 2.24) is 9.97 Å². The number of carbonyl (C=O) groups is 1. The third kappa shape index (κ3) is 2.43. The number of nitrogens with zero attached hydrogens (tertiary/aromatic N) is 1. The van der Waals surface area contributed by atoms with Crippen LogP contribution in [0.4, 0.5) is 0 Å². The van der Waals surface area contributed by atoms with Gasteiger partial charge in [-0.25, -0.2) is 9.78 Å². The summed E-state index contributed by atoms with van der Waals surface area (Å²) in [6.45, 7) is 6.84. The molecule has 0 saturated heterocycles. The number of H-pyrrole nitrogens is 1. The van der Waals surface area contributed by atoms with Crippen molar-refractivity contribution in [3.05, 3.63) is 30.4 Å². The maximum absolute atomic E-state index is 11.1. The van der Waals surface area contributed by atoms with Crippen LogP contribution in [0.1, 0.15) is 25.8 Å². The lowest BCUT2D eigenvalue weighted by atomic mass is 10.3. The number of ether oxygens (including phenoxy) is 1. The summed E-state index contributed by atoms with van der Waals surface area (Å²) in [5.41, 5.74) is 0.387. The molecule has 1 rings (SSSR count). The molecule has 0 aliphatic rings. The van der Waals surface area contributed by atoms with Gasteiger partial charge < -0.3 is 9.72 Å². The number of nitrogens with one attached hydrogen (secondary N) is 1. The van der Waals surface area contributed by atoms with E-state index in [9.17, 15) is 4.79 Å². The quantitative estimate of drug-likeness (QED) is 0.567. The van der Waals surface area contributed by atoms with Gasteiger partial charge in [0.15, 0.2) is 6.10 Å². The second-order valence-corrected chi connectivity index (χ2v) is 2.80. The summed E-state index contributed by atoms with van der Waals surface area (Å²) >= 11 is 0. The third-order valence-corrected chi connectivity index (χ3v) is 1.54. The topological polar surface area (TPSA) is 55.0 Å². The van der Waals surface area contributed by atoms with Gasteiger partial charge in [0.2, 0.25) is 0 Å². The van der Waals surface area contributed by atoms with Crippen molar-refractivity contribution in [2.75, 3.05) is 0 Å². The lowest BCUT2D eigenvalue weighted by molar-refractivity contribution is -0.144. The standard InChI is InChI=1S/C9H12N2O2/c1-6(2)9(12)13-7(3)8-10-4-5-11-8/h4-5,7H,1H2,2-3H3,(H,10,11). The minimum absolute atomic E-state index is 0.362. The molecule has 0 aliphatic carbocycles. The molecule has 1 aromatic rings. The second kappa shape index (κ2) is 3.89. The second-order valence-electron chi connectivity index (χ2n) is 2.80. The van der Waals surface area contributed by atoms with Crippen LogP contribution in [0.3, 0.4) is 0 Å². The molecule has 0 aliphatic heterocycles. The highest BCUT2D eigenvalue weighted by Gasteiger charge is 2.13. The highest BCUT2D eigenvalue weighted by molar-refractivity contribution is 5.87. The van der Waals surface area contributed by atoms with E-state index in [4.69, 9.17) is 4.74 Å². The van der Waals surface area contributed by atoms with E-state index in [1.807, 2.05) is 0 Å². The molecule has 13 heavy (non-hydrogen) atoms. The van der Waals surface area contributed by atoms with E-state index in [1.165, 1.54) is 0 Å². The van der Waals surface area contributed by atoms with Gasteiger partial charge in [0, 0.05) is 18.0 Å². The molecule has 0 radical (unpaired) electrons. The number of imidazole rings is 1. The van der Waals surface area contributed by atoms with Crippen LogP contribution in [0.2, 0.25) is 0 Å². The number of esters is 1. The van der Waals surface area contributed by atoms with Crippen LogP contribution >= 0.6 is 0 Å². The lowest BCUT2D eigenvalue weighted by Crippen LogP contribution is -2.10. The predicted octanol–water partition coefficient (Wildman–Crippen LogP) is 1.59. The largest absolute Gasteiger partial charge is 0.451 e. The maximum Gasteiger partial charge on any atom is 0.333 e. The first-order chi connectivity index (χ1) is 6.11. The molecule has 4 heteroatoms. The number of aromatic amines is 1. The molecule has 0 bridgehead atoms. The zero-order chi connectivity index (χ0) is 9.84. The molecule has 1 atom stereocenters. The molecule has 0 saturated carbocycles. The average Bonchev–Trinajstić information content (AvgIpc) is 2.55. The van der Waals surface area contributed by atoms with E-state index in [2.05, 4.69) is 16.5 Å². The van der Waals surface area contributed by atoms with Crippen LogP contribution < -0.4 is 0 Å². The summed E-state index contributed by atoms with van der Waals surface area (Å²) in [5.74, 6) is 0.235. The van der Waals surface area contributed by atoms with Crippen molar-refractivity contribution < 1.29 is 9.53 Å². The van der Waals surface area contributed by atoms with Crippen molar-refractivity contribution in [2.24, 2.45) is 0 Å². The van der Waals surface area contributed by atoms with E-state index in [-0.39, 0.29) is 6.10 Å². The van der Waals surface area contributed by atoms with Gasteiger partial charge in [0.05, 0.1) is 0 Å². The van der Waals surface area contributed by atoms with E-state index < -0.39 is 5.97 Å². The van der Waals surface area contributed by atoms with E-state index in [0.717, 1.165) is 0 Å². The van der Waals surface area contributed by atoms with E-state index >= 15 is 0 Å². The van der Waals surface area contributed by atoms with E-state index in [0.29, 0.717) is 11.4 Å². The Morgan fingerprint density at radius 2 is 2.46 bits per heavy atom. The Morgan fingerprint density at radius 1 is 1.77 bits per heavy atom. The highest BCUT2D eigenvalue weighted by atomic mass is 16.5. The van der Waals surface area contributed by atoms with Crippen LogP contribution in [-0.2, 0) is 9.53 Å². The third-order valence-electron chi connectivity index (χ3n) is 1.54. The number of carbonyl (C=O) groups excluding carboxylic acids is 1. The Labute approximate surface area is 76.6 Å². The fourth-order valence-corrected chi connectivity index (χ4v) is 0.817. The number of rotatable bonds is 3. The van der Waals surface area contributed by atoms with Crippen molar-refractivity contribution in [3.8, 4) is 0 Å². The Balaban J connectivity index is 2.56. The van der Waals surface area contributed by atoms with Gasteiger partial charge >= 0.3 is 5.97 Å². The SMILES string of the molecule is C=C(C)C(=O)OC(C)c1ncc[nH]1. The fraction of sp³-hybridized carbons (Fsp3) is 0.333. The summed E-state index contributed by atoms with van der Waals surface area (Å²) in [6, 6.07) is 0. The van der Waals surface area contributed by atoms with Crippen molar-refractivity contribution in [1.29, 1.82) is 0 Å². The van der Waals surface area contributed by atoms with Crippen molar-refractivity contribution in [2.45, 2.75) is 20.0 Å². The molecular weight excluding hydrogens is 168 g/mol. The smallest absolute Gasteiger partial charge is 0.333 e. The number of aromatic nitrogens is 2. The van der Waals surface area contributed by atoms with E-state index in [1.54, 1.807) is 26.2 Å². The van der Waals surface area contributed by atoms with Crippen LogP contribution in [0.15, 0.2) is 24.5 Å². The summed E-state index contributed by atoms with van der Waals surface area (Å²) in [5, 5.41) is 0. The maximum atomic E-state index is 11.1. The lowest BCUT2D eigenvalue weighted by Gasteiger charge is -2.09. The highest BCUT2D eigenvalue weighted by Crippen LogP contribution is 2.12. The molecule has 0 amide bonds. The van der Waals surface area contributed by atoms with Crippen LogP contribution in [-0.4, -0.2) is 15.9 Å². The van der Waals surface area contributed by atoms with Gasteiger partial charge in [0.25, 0.3) is 0 Å². The van der Waals surface area contributed by atoms with Crippen LogP contribution in [0.5, 0.6) is 0 Å². The zero-order valence-electron chi connectivity index (χ0n) is 7.70. The van der Waals surface area contributed by atoms with Gasteiger partial charge in [-0.1, -0.05) is 6.58 Å². The Morgan fingerprint density at radius 3 is 2.92 bits per heavy atom. The van der Waals surface area contributed by atoms with Crippen LogP contribution in [0, 0.1) is 0 Å². The van der Waals surface area contributed by atoms with Crippen molar-refractivity contribution >= 4 is 5.97 Å². The molecular formula is C9H12N2O2. The molecule has 0 spiro atoms. The minimum atomic E-state index is -0.399.